The molecule has 1 N–H and O–H groups in total. The van der Waals surface area contributed by atoms with E-state index in [1.165, 1.54) is 5.56 Å². The van der Waals surface area contributed by atoms with Gasteiger partial charge < -0.3 is 5.11 Å². The van der Waals surface area contributed by atoms with Gasteiger partial charge in [-0.3, -0.25) is 0 Å². The minimum Gasteiger partial charge on any atom is -0.389 e. The van der Waals surface area contributed by atoms with Crippen LogP contribution in [0.15, 0.2) is 30.3 Å². The molecule has 0 fully saturated rings. The first-order chi connectivity index (χ1) is 7.55. The van der Waals surface area contributed by atoms with Gasteiger partial charge in [-0.25, -0.2) is 0 Å². The van der Waals surface area contributed by atoms with Crippen LogP contribution >= 0.6 is 0 Å². The molecule has 0 saturated carbocycles. The van der Waals surface area contributed by atoms with E-state index >= 15 is 0 Å². The third-order valence-corrected chi connectivity index (χ3v) is 3.63. The van der Waals surface area contributed by atoms with E-state index in [1.54, 1.807) is 0 Å². The predicted molar refractivity (Wildman–Crippen MR) is 69.6 cm³/mol. The third-order valence-electron chi connectivity index (χ3n) is 3.63. The van der Waals surface area contributed by atoms with Crippen molar-refractivity contribution in [2.24, 2.45) is 5.92 Å². The lowest BCUT2D eigenvalue weighted by Crippen LogP contribution is -2.37. The van der Waals surface area contributed by atoms with Crippen LogP contribution in [0.3, 0.4) is 0 Å². The highest BCUT2D eigenvalue weighted by molar-refractivity contribution is 5.23. The van der Waals surface area contributed by atoms with E-state index in [9.17, 15) is 5.11 Å². The average molecular weight is 220 g/mol. The zero-order valence-electron chi connectivity index (χ0n) is 10.9. The first kappa shape index (κ1) is 13.2. The van der Waals surface area contributed by atoms with Gasteiger partial charge in [-0.05, 0) is 24.3 Å². The maximum Gasteiger partial charge on any atom is 0.0713 e. The topological polar surface area (TPSA) is 20.2 Å². The Morgan fingerprint density at radius 1 is 1.06 bits per heavy atom. The van der Waals surface area contributed by atoms with Gasteiger partial charge >= 0.3 is 0 Å². The van der Waals surface area contributed by atoms with Crippen molar-refractivity contribution in [3.63, 3.8) is 0 Å². The molecule has 90 valence electrons. The molecule has 0 aromatic heterocycles. The summed E-state index contributed by atoms with van der Waals surface area (Å²) in [5, 5.41) is 10.7. The van der Waals surface area contributed by atoms with Crippen molar-refractivity contribution in [2.45, 2.75) is 52.1 Å². The van der Waals surface area contributed by atoms with Crippen LogP contribution in [0.5, 0.6) is 0 Å². The number of hydrogen-bond acceptors (Lipinski definition) is 1. The molecule has 0 saturated heterocycles. The Bertz CT molecular complexity index is 298. The molecule has 0 spiro atoms. The molecule has 1 nitrogen and oxygen atoms in total. The zero-order valence-corrected chi connectivity index (χ0v) is 10.9. The number of aliphatic hydroxyl groups is 1. The van der Waals surface area contributed by atoms with Crippen LogP contribution in [0.1, 0.15) is 52.0 Å². The van der Waals surface area contributed by atoms with Crippen LogP contribution in [-0.4, -0.2) is 10.7 Å². The lowest BCUT2D eigenvalue weighted by molar-refractivity contribution is -0.0103. The van der Waals surface area contributed by atoms with E-state index < -0.39 is 5.60 Å². The first-order valence-corrected chi connectivity index (χ1v) is 6.32. The summed E-state index contributed by atoms with van der Waals surface area (Å²) in [5.74, 6) is 0.677. The van der Waals surface area contributed by atoms with Crippen LogP contribution in [0.2, 0.25) is 0 Å². The van der Waals surface area contributed by atoms with E-state index in [4.69, 9.17) is 0 Å². The molecule has 0 amide bonds. The molecule has 0 heterocycles. The van der Waals surface area contributed by atoms with Crippen molar-refractivity contribution >= 4 is 0 Å². The Labute approximate surface area is 99.5 Å². The molecule has 16 heavy (non-hydrogen) atoms. The number of benzene rings is 1. The van der Waals surface area contributed by atoms with E-state index in [1.807, 2.05) is 6.07 Å². The molecular weight excluding hydrogens is 196 g/mol. The van der Waals surface area contributed by atoms with Gasteiger partial charge in [0, 0.05) is 5.92 Å². The number of hydrogen-bond donors (Lipinski definition) is 1. The van der Waals surface area contributed by atoms with Crippen LogP contribution in [0, 0.1) is 5.92 Å². The second-order valence-electron chi connectivity index (χ2n) is 4.94. The van der Waals surface area contributed by atoms with Crippen molar-refractivity contribution < 1.29 is 5.11 Å². The average Bonchev–Trinajstić information content (AvgIpc) is 2.30. The van der Waals surface area contributed by atoms with Gasteiger partial charge in [0.15, 0.2) is 0 Å². The van der Waals surface area contributed by atoms with Crippen molar-refractivity contribution in [1.82, 2.24) is 0 Å². The quantitative estimate of drug-likeness (QED) is 0.796. The molecule has 1 atom stereocenters. The van der Waals surface area contributed by atoms with Gasteiger partial charge in [0.05, 0.1) is 5.60 Å². The van der Waals surface area contributed by atoms with Gasteiger partial charge in [0.1, 0.15) is 0 Å². The predicted octanol–water partition coefficient (Wildman–Crippen LogP) is 3.98. The molecule has 0 radical (unpaired) electrons. The second-order valence-corrected chi connectivity index (χ2v) is 4.94. The first-order valence-electron chi connectivity index (χ1n) is 6.32. The molecule has 1 aromatic rings. The van der Waals surface area contributed by atoms with Crippen LogP contribution in [0.4, 0.5) is 0 Å². The lowest BCUT2D eigenvalue weighted by atomic mass is 9.72. The molecule has 1 aromatic carbocycles. The number of rotatable bonds is 5. The van der Waals surface area contributed by atoms with Crippen molar-refractivity contribution in [2.75, 3.05) is 0 Å². The van der Waals surface area contributed by atoms with Crippen LogP contribution in [-0.2, 0) is 0 Å². The fourth-order valence-corrected chi connectivity index (χ4v) is 2.67. The highest BCUT2D eigenvalue weighted by Gasteiger charge is 2.36. The Morgan fingerprint density at radius 2 is 1.56 bits per heavy atom. The molecule has 0 aliphatic carbocycles. The molecule has 1 heteroatoms. The lowest BCUT2D eigenvalue weighted by Gasteiger charge is -2.38. The fourth-order valence-electron chi connectivity index (χ4n) is 2.67. The minimum absolute atomic E-state index is 0.226. The summed E-state index contributed by atoms with van der Waals surface area (Å²) in [5.41, 5.74) is 0.680. The SMILES string of the molecule is CCC(O)(CC)C(c1ccccc1)C(C)C. The summed E-state index contributed by atoms with van der Waals surface area (Å²) in [6, 6.07) is 10.4. The Kier molecular flexibility index (Phi) is 4.55. The summed E-state index contributed by atoms with van der Waals surface area (Å²) in [7, 11) is 0. The maximum atomic E-state index is 10.7. The van der Waals surface area contributed by atoms with Gasteiger partial charge in [-0.1, -0.05) is 58.0 Å². The Hall–Kier alpha value is -0.820. The molecule has 1 rings (SSSR count). The van der Waals surface area contributed by atoms with Gasteiger partial charge in [0.25, 0.3) is 0 Å². The maximum absolute atomic E-state index is 10.7. The molecule has 0 bridgehead atoms. The van der Waals surface area contributed by atoms with Crippen molar-refractivity contribution in [3.05, 3.63) is 35.9 Å². The highest BCUT2D eigenvalue weighted by Crippen LogP contribution is 2.39. The van der Waals surface area contributed by atoms with Crippen LogP contribution < -0.4 is 0 Å². The standard InChI is InChI=1S/C15H24O/c1-5-15(16,6-2)14(12(3)4)13-10-8-7-9-11-13/h7-12,14,16H,5-6H2,1-4H3. The van der Waals surface area contributed by atoms with E-state index in [0.29, 0.717) is 5.92 Å². The van der Waals surface area contributed by atoms with Gasteiger partial charge in [0.2, 0.25) is 0 Å². The summed E-state index contributed by atoms with van der Waals surface area (Å²) in [6.07, 6.45) is 1.61. The Morgan fingerprint density at radius 3 is 1.94 bits per heavy atom. The minimum atomic E-state index is -0.574. The third kappa shape index (κ3) is 2.65. The largest absolute Gasteiger partial charge is 0.389 e. The summed E-state index contributed by atoms with van der Waals surface area (Å²) in [6.45, 7) is 8.52. The smallest absolute Gasteiger partial charge is 0.0713 e. The van der Waals surface area contributed by atoms with E-state index in [-0.39, 0.29) is 5.92 Å². The second kappa shape index (κ2) is 5.49. The molecule has 0 aliphatic rings. The van der Waals surface area contributed by atoms with E-state index in [2.05, 4.69) is 52.0 Å². The van der Waals surface area contributed by atoms with Crippen molar-refractivity contribution in [3.8, 4) is 0 Å². The van der Waals surface area contributed by atoms with Crippen molar-refractivity contribution in [1.29, 1.82) is 0 Å². The highest BCUT2D eigenvalue weighted by atomic mass is 16.3. The zero-order chi connectivity index (χ0) is 12.2. The Balaban J connectivity index is 3.09. The fraction of sp³-hybridized carbons (Fsp3) is 0.600. The molecular formula is C15H24O. The van der Waals surface area contributed by atoms with Gasteiger partial charge in [-0.2, -0.15) is 0 Å². The van der Waals surface area contributed by atoms with Crippen LogP contribution in [0.25, 0.3) is 0 Å². The molecule has 0 aliphatic heterocycles. The molecule has 1 unspecified atom stereocenters. The van der Waals surface area contributed by atoms with E-state index in [0.717, 1.165) is 12.8 Å². The summed E-state index contributed by atoms with van der Waals surface area (Å²) < 4.78 is 0. The normalized spacial score (nSPS) is 14.1. The monoisotopic (exact) mass is 220 g/mol. The summed E-state index contributed by atoms with van der Waals surface area (Å²) in [4.78, 5) is 0. The summed E-state index contributed by atoms with van der Waals surface area (Å²) >= 11 is 0. The van der Waals surface area contributed by atoms with Gasteiger partial charge in [-0.15, -0.1) is 0 Å².